The van der Waals surface area contributed by atoms with Crippen LogP contribution in [0.25, 0.3) is 0 Å². The summed E-state index contributed by atoms with van der Waals surface area (Å²) in [6.07, 6.45) is 0.670. The molecule has 2 N–H and O–H groups in total. The van der Waals surface area contributed by atoms with Crippen molar-refractivity contribution in [3.8, 4) is 0 Å². The molecule has 0 aliphatic carbocycles. The van der Waals surface area contributed by atoms with Crippen molar-refractivity contribution < 1.29 is 9.47 Å². The van der Waals surface area contributed by atoms with Gasteiger partial charge >= 0.3 is 0 Å². The molecule has 4 aromatic carbocycles. The predicted octanol–water partition coefficient (Wildman–Crippen LogP) is 11.3. The minimum absolute atomic E-state index is 0.450. The summed E-state index contributed by atoms with van der Waals surface area (Å²) in [4.78, 5) is 13.6. The van der Waals surface area contributed by atoms with E-state index in [9.17, 15) is 0 Å². The summed E-state index contributed by atoms with van der Waals surface area (Å²) in [6.45, 7) is 10.0. The van der Waals surface area contributed by atoms with Gasteiger partial charge in [-0.05, 0) is 72.8 Å². The van der Waals surface area contributed by atoms with E-state index in [1.807, 2.05) is 144 Å². The highest BCUT2D eigenvalue weighted by molar-refractivity contribution is 5.60. The number of aryl methyl sites for hydroxylation is 1. The number of ether oxygens (including phenoxy) is 2. The van der Waals surface area contributed by atoms with Crippen LogP contribution in [0.4, 0.5) is 46.0 Å². The lowest BCUT2D eigenvalue weighted by atomic mass is 10.3. The van der Waals surface area contributed by atoms with Crippen LogP contribution in [0.1, 0.15) is 40.4 Å². The molecule has 0 spiro atoms. The lowest BCUT2D eigenvalue weighted by molar-refractivity contribution is 0.277. The zero-order valence-electron chi connectivity index (χ0n) is 29.5. The molecule has 5 aromatic rings. The average Bonchev–Trinajstić information content (AvgIpc) is 3.14. The Labute approximate surface area is 285 Å². The third-order valence-electron chi connectivity index (χ3n) is 5.32. The van der Waals surface area contributed by atoms with Gasteiger partial charge in [-0.3, -0.25) is 0 Å². The molecule has 0 atom stereocenters. The van der Waals surface area contributed by atoms with Crippen molar-refractivity contribution in [1.29, 1.82) is 0 Å². The van der Waals surface area contributed by atoms with Gasteiger partial charge in [0.05, 0.1) is 22.7 Å². The number of aromatic nitrogens is 3. The second kappa shape index (κ2) is 25.8. The van der Waals surface area contributed by atoms with Crippen molar-refractivity contribution in [2.75, 3.05) is 39.1 Å². The number of nitrogens with zero attached hydrogens (tertiary/aromatic N) is 7. The van der Waals surface area contributed by atoms with Gasteiger partial charge < -0.3 is 20.1 Å². The molecule has 11 nitrogen and oxygen atoms in total. The van der Waals surface area contributed by atoms with Crippen LogP contribution < -0.4 is 10.6 Å². The first kappa shape index (κ1) is 40.6. The van der Waals surface area contributed by atoms with Gasteiger partial charge in [0.15, 0.2) is 0 Å². The van der Waals surface area contributed by atoms with E-state index >= 15 is 0 Å². The molecule has 1 aromatic heterocycles. The molecule has 254 valence electrons. The molecule has 0 aliphatic rings. The third-order valence-corrected chi connectivity index (χ3v) is 5.32. The highest BCUT2D eigenvalue weighted by Gasteiger charge is 2.07. The van der Waals surface area contributed by atoms with Crippen LogP contribution in [0.5, 0.6) is 0 Å². The number of nitrogens with one attached hydrogen (secondary N) is 2. The molecule has 0 saturated carbocycles. The second-order valence-corrected chi connectivity index (χ2v) is 8.98. The van der Waals surface area contributed by atoms with E-state index in [-0.39, 0.29) is 0 Å². The van der Waals surface area contributed by atoms with Gasteiger partial charge in [0.1, 0.15) is 5.82 Å². The SMILES string of the molecule is CC.CC.CCc1nc(Nc2ccc(N=Nc3ccccc3)cc2)nc(Nc2ccc(N=Nc3ccccc3)cc2)n1.COC.COC. The molecule has 0 amide bonds. The summed E-state index contributed by atoms with van der Waals surface area (Å²) < 4.78 is 8.50. The molecule has 0 radical (unpaired) electrons. The van der Waals surface area contributed by atoms with Gasteiger partial charge in [-0.2, -0.15) is 35.4 Å². The van der Waals surface area contributed by atoms with E-state index in [0.717, 1.165) is 34.1 Å². The summed E-state index contributed by atoms with van der Waals surface area (Å²) >= 11 is 0. The smallest absolute Gasteiger partial charge is 0.232 e. The van der Waals surface area contributed by atoms with Crippen LogP contribution >= 0.6 is 0 Å². The minimum Gasteiger partial charge on any atom is -0.388 e. The Morgan fingerprint density at radius 2 is 0.750 bits per heavy atom. The quantitative estimate of drug-likeness (QED) is 0.152. The summed E-state index contributed by atoms with van der Waals surface area (Å²) in [5.41, 5.74) is 4.76. The van der Waals surface area contributed by atoms with Gasteiger partial charge in [-0.25, -0.2) is 0 Å². The molecular formula is C37H49N9O2. The van der Waals surface area contributed by atoms with E-state index in [2.05, 4.69) is 55.5 Å². The largest absolute Gasteiger partial charge is 0.388 e. The third kappa shape index (κ3) is 16.3. The van der Waals surface area contributed by atoms with Crippen molar-refractivity contribution in [2.45, 2.75) is 41.0 Å². The normalized spacial score (nSPS) is 9.85. The molecule has 5 rings (SSSR count). The standard InChI is InChI=1S/C29H25N9.2C2H6O.2C2H6/c1-2-27-32-28(30-21-13-17-25(18-14-21)37-35-23-9-5-3-6-10-23)34-29(33-27)31-22-15-19-26(20-16-22)38-36-24-11-7-4-8-12-24;2*1-3-2;2*1-2/h3-20H,2H2,1H3,(H2,30,31,32,33,34);2*1-2H3;2*1-2H3. The van der Waals surface area contributed by atoms with Gasteiger partial charge in [-0.15, -0.1) is 0 Å². The van der Waals surface area contributed by atoms with Crippen LogP contribution in [0, 0.1) is 0 Å². The topological polar surface area (TPSA) is 131 Å². The Balaban J connectivity index is 0.00000104. The zero-order chi connectivity index (χ0) is 35.4. The molecule has 0 aliphatic heterocycles. The molecule has 0 saturated heterocycles. The predicted molar refractivity (Wildman–Crippen MR) is 198 cm³/mol. The van der Waals surface area contributed by atoms with E-state index < -0.39 is 0 Å². The summed E-state index contributed by atoms with van der Waals surface area (Å²) in [7, 11) is 6.50. The van der Waals surface area contributed by atoms with Crippen LogP contribution in [-0.4, -0.2) is 43.4 Å². The van der Waals surface area contributed by atoms with E-state index in [1.165, 1.54) is 0 Å². The van der Waals surface area contributed by atoms with Gasteiger partial charge in [0.2, 0.25) is 11.9 Å². The van der Waals surface area contributed by atoms with Crippen molar-refractivity contribution in [1.82, 2.24) is 15.0 Å². The molecule has 0 bridgehead atoms. The number of methoxy groups -OCH3 is 2. The van der Waals surface area contributed by atoms with Crippen molar-refractivity contribution in [3.63, 3.8) is 0 Å². The Morgan fingerprint density at radius 3 is 1.04 bits per heavy atom. The highest BCUT2D eigenvalue weighted by atomic mass is 16.5. The highest BCUT2D eigenvalue weighted by Crippen LogP contribution is 2.24. The number of azo groups is 2. The summed E-state index contributed by atoms with van der Waals surface area (Å²) in [5, 5.41) is 23.5. The van der Waals surface area contributed by atoms with Crippen molar-refractivity contribution in [2.24, 2.45) is 20.5 Å². The lowest BCUT2D eigenvalue weighted by Gasteiger charge is -2.10. The monoisotopic (exact) mass is 651 g/mol. The fraction of sp³-hybridized carbons (Fsp3) is 0.270. The maximum absolute atomic E-state index is 4.54. The van der Waals surface area contributed by atoms with Crippen molar-refractivity contribution >= 4 is 46.0 Å². The first-order chi connectivity index (χ1) is 23.6. The van der Waals surface area contributed by atoms with E-state index in [4.69, 9.17) is 0 Å². The fourth-order valence-electron chi connectivity index (χ4n) is 3.39. The molecule has 1 heterocycles. The Bertz CT molecular complexity index is 1450. The van der Waals surface area contributed by atoms with Crippen molar-refractivity contribution in [3.05, 3.63) is 115 Å². The molecule has 0 fully saturated rings. The number of benzene rings is 4. The first-order valence-corrected chi connectivity index (χ1v) is 15.8. The number of hydrogen-bond acceptors (Lipinski definition) is 11. The van der Waals surface area contributed by atoms with Gasteiger partial charge in [-0.1, -0.05) is 71.0 Å². The van der Waals surface area contributed by atoms with Crippen LogP contribution in [0.15, 0.2) is 130 Å². The van der Waals surface area contributed by atoms with Gasteiger partial charge in [0.25, 0.3) is 0 Å². The number of anilines is 4. The van der Waals surface area contributed by atoms with Crippen LogP contribution in [0.2, 0.25) is 0 Å². The average molecular weight is 652 g/mol. The summed E-state index contributed by atoms with van der Waals surface area (Å²) in [5.74, 6) is 1.57. The Kier molecular flexibility index (Phi) is 21.8. The fourth-order valence-corrected chi connectivity index (χ4v) is 3.39. The molecule has 48 heavy (non-hydrogen) atoms. The van der Waals surface area contributed by atoms with Gasteiger partial charge in [0, 0.05) is 46.2 Å². The minimum atomic E-state index is 0.450. The van der Waals surface area contributed by atoms with Crippen LogP contribution in [0.3, 0.4) is 0 Å². The molecule has 11 heteroatoms. The second-order valence-electron chi connectivity index (χ2n) is 8.98. The number of rotatable bonds is 9. The van der Waals surface area contributed by atoms with Crippen LogP contribution in [-0.2, 0) is 15.9 Å². The lowest BCUT2D eigenvalue weighted by Crippen LogP contribution is -2.06. The number of hydrogen-bond donors (Lipinski definition) is 2. The molecular weight excluding hydrogens is 602 g/mol. The summed E-state index contributed by atoms with van der Waals surface area (Å²) in [6, 6.07) is 34.4. The zero-order valence-corrected chi connectivity index (χ0v) is 29.5. The van der Waals surface area contributed by atoms with E-state index in [0.29, 0.717) is 24.1 Å². The maximum Gasteiger partial charge on any atom is 0.232 e. The maximum atomic E-state index is 4.54. The first-order valence-electron chi connectivity index (χ1n) is 15.8. The Hall–Kier alpha value is -5.39. The van der Waals surface area contributed by atoms with E-state index in [1.54, 1.807) is 28.4 Å². The Morgan fingerprint density at radius 1 is 0.458 bits per heavy atom. The molecule has 0 unspecified atom stereocenters.